The Labute approximate surface area is 177 Å². The van der Waals surface area contributed by atoms with Gasteiger partial charge in [-0.2, -0.15) is 0 Å². The number of hydrogen-bond acceptors (Lipinski definition) is 6. The SMILES string of the molecule is CSc1cc(CSC2=NCC(c3ccncc3)(c3ccccc3F)N2)ccc1O. The van der Waals surface area contributed by atoms with Crippen LogP contribution in [-0.4, -0.2) is 28.1 Å². The molecule has 0 fully saturated rings. The summed E-state index contributed by atoms with van der Waals surface area (Å²) in [6.45, 7) is 0.409. The van der Waals surface area contributed by atoms with Crippen LogP contribution in [-0.2, 0) is 11.3 Å². The molecule has 1 atom stereocenters. The number of aliphatic imine (C=N–C) groups is 1. The molecule has 4 rings (SSSR count). The number of rotatable bonds is 5. The van der Waals surface area contributed by atoms with Crippen molar-refractivity contribution in [2.45, 2.75) is 16.2 Å². The highest BCUT2D eigenvalue weighted by Gasteiger charge is 2.41. The van der Waals surface area contributed by atoms with Crippen LogP contribution in [0.15, 0.2) is 76.9 Å². The first-order valence-corrected chi connectivity index (χ1v) is 11.3. The van der Waals surface area contributed by atoms with E-state index < -0.39 is 5.54 Å². The molecule has 0 spiro atoms. The molecule has 0 saturated carbocycles. The number of phenolic OH excluding ortho intramolecular Hbond substituents is 1. The summed E-state index contributed by atoms with van der Waals surface area (Å²) in [7, 11) is 0. The Kier molecular flexibility index (Phi) is 5.78. The molecule has 0 saturated heterocycles. The van der Waals surface area contributed by atoms with Crippen LogP contribution in [0.2, 0.25) is 0 Å². The van der Waals surface area contributed by atoms with E-state index in [9.17, 15) is 9.50 Å². The Hall–Kier alpha value is -2.51. The zero-order valence-corrected chi connectivity index (χ0v) is 17.4. The van der Waals surface area contributed by atoms with Crippen molar-refractivity contribution in [2.75, 3.05) is 12.8 Å². The maximum Gasteiger partial charge on any atom is 0.158 e. The number of hydrogen-bond donors (Lipinski definition) is 2. The van der Waals surface area contributed by atoms with Gasteiger partial charge < -0.3 is 10.4 Å². The van der Waals surface area contributed by atoms with Gasteiger partial charge in [0.25, 0.3) is 0 Å². The molecule has 1 unspecified atom stereocenters. The van der Waals surface area contributed by atoms with Gasteiger partial charge in [0.15, 0.2) is 5.17 Å². The van der Waals surface area contributed by atoms with Crippen LogP contribution in [0, 0.1) is 5.82 Å². The molecule has 29 heavy (non-hydrogen) atoms. The van der Waals surface area contributed by atoms with Gasteiger partial charge in [-0.15, -0.1) is 11.8 Å². The smallest absolute Gasteiger partial charge is 0.158 e. The number of amidine groups is 1. The van der Waals surface area contributed by atoms with Crippen LogP contribution in [0.3, 0.4) is 0 Å². The fourth-order valence-electron chi connectivity index (χ4n) is 3.41. The van der Waals surface area contributed by atoms with Gasteiger partial charge in [0.05, 0.1) is 6.54 Å². The molecule has 4 nitrogen and oxygen atoms in total. The third-order valence-electron chi connectivity index (χ3n) is 4.91. The Balaban J connectivity index is 1.58. The van der Waals surface area contributed by atoms with Gasteiger partial charge in [-0.3, -0.25) is 9.98 Å². The zero-order valence-electron chi connectivity index (χ0n) is 15.8. The first-order valence-electron chi connectivity index (χ1n) is 9.09. The summed E-state index contributed by atoms with van der Waals surface area (Å²) in [5, 5.41) is 14.1. The van der Waals surface area contributed by atoms with Gasteiger partial charge in [0, 0.05) is 28.6 Å². The van der Waals surface area contributed by atoms with E-state index >= 15 is 0 Å². The molecule has 3 aromatic rings. The number of nitrogens with zero attached hydrogens (tertiary/aromatic N) is 2. The van der Waals surface area contributed by atoms with E-state index in [4.69, 9.17) is 0 Å². The monoisotopic (exact) mass is 425 g/mol. The normalized spacial score (nSPS) is 18.3. The lowest BCUT2D eigenvalue weighted by molar-refractivity contribution is 0.462. The van der Waals surface area contributed by atoms with E-state index in [1.54, 1.807) is 42.4 Å². The molecule has 2 aromatic carbocycles. The molecule has 2 N–H and O–H groups in total. The second kappa shape index (κ2) is 8.47. The molecule has 1 aromatic heterocycles. The second-order valence-electron chi connectivity index (χ2n) is 6.66. The largest absolute Gasteiger partial charge is 0.507 e. The predicted octanol–water partition coefficient (Wildman–Crippen LogP) is 4.78. The van der Waals surface area contributed by atoms with E-state index in [0.717, 1.165) is 21.2 Å². The van der Waals surface area contributed by atoms with Gasteiger partial charge in [0.2, 0.25) is 0 Å². The highest BCUT2D eigenvalue weighted by molar-refractivity contribution is 8.13. The average Bonchev–Trinajstić information content (AvgIpc) is 3.19. The first kappa shape index (κ1) is 19.8. The average molecular weight is 426 g/mol. The number of aromatic hydroxyl groups is 1. The van der Waals surface area contributed by atoms with Gasteiger partial charge in [-0.1, -0.05) is 36.0 Å². The number of benzene rings is 2. The second-order valence-corrected chi connectivity index (χ2v) is 8.47. The fraction of sp³-hybridized carbons (Fsp3) is 0.182. The highest BCUT2D eigenvalue weighted by atomic mass is 32.2. The Bertz CT molecular complexity index is 1050. The minimum Gasteiger partial charge on any atom is -0.507 e. The fourth-order valence-corrected chi connectivity index (χ4v) is 4.84. The van der Waals surface area contributed by atoms with E-state index in [1.165, 1.54) is 17.8 Å². The Morgan fingerprint density at radius 3 is 2.69 bits per heavy atom. The topological polar surface area (TPSA) is 57.5 Å². The van der Waals surface area contributed by atoms with Crippen LogP contribution in [0.25, 0.3) is 0 Å². The van der Waals surface area contributed by atoms with Crippen molar-refractivity contribution in [1.29, 1.82) is 0 Å². The Morgan fingerprint density at radius 1 is 1.14 bits per heavy atom. The van der Waals surface area contributed by atoms with Crippen molar-refractivity contribution in [3.05, 3.63) is 89.5 Å². The lowest BCUT2D eigenvalue weighted by Gasteiger charge is -2.31. The van der Waals surface area contributed by atoms with Crippen molar-refractivity contribution in [3.63, 3.8) is 0 Å². The summed E-state index contributed by atoms with van der Waals surface area (Å²) in [6.07, 6.45) is 5.36. The number of thioether (sulfide) groups is 2. The van der Waals surface area contributed by atoms with Gasteiger partial charge in [0.1, 0.15) is 17.1 Å². The van der Waals surface area contributed by atoms with Crippen molar-refractivity contribution in [3.8, 4) is 5.75 Å². The Morgan fingerprint density at radius 2 is 1.93 bits per heavy atom. The highest BCUT2D eigenvalue weighted by Crippen LogP contribution is 2.36. The number of phenols is 1. The van der Waals surface area contributed by atoms with Gasteiger partial charge >= 0.3 is 0 Å². The predicted molar refractivity (Wildman–Crippen MR) is 118 cm³/mol. The summed E-state index contributed by atoms with van der Waals surface area (Å²) in [4.78, 5) is 9.63. The van der Waals surface area contributed by atoms with Crippen LogP contribution < -0.4 is 5.32 Å². The molecule has 0 bridgehead atoms. The molecular formula is C22H20FN3OS2. The number of pyridine rings is 1. The lowest BCUT2D eigenvalue weighted by Crippen LogP contribution is -2.44. The third kappa shape index (κ3) is 3.97. The summed E-state index contributed by atoms with van der Waals surface area (Å²) in [5.74, 6) is 0.726. The molecule has 0 aliphatic carbocycles. The minimum atomic E-state index is -0.754. The van der Waals surface area contributed by atoms with Crippen LogP contribution in [0.1, 0.15) is 16.7 Å². The number of nitrogens with one attached hydrogen (secondary N) is 1. The van der Waals surface area contributed by atoms with E-state index in [-0.39, 0.29) is 5.82 Å². The van der Waals surface area contributed by atoms with Gasteiger partial charge in [-0.25, -0.2) is 4.39 Å². The quantitative estimate of drug-likeness (QED) is 0.576. The van der Waals surface area contributed by atoms with E-state index in [0.29, 0.717) is 23.6 Å². The summed E-state index contributed by atoms with van der Waals surface area (Å²) < 4.78 is 14.7. The molecule has 2 heterocycles. The van der Waals surface area contributed by atoms with Crippen molar-refractivity contribution in [1.82, 2.24) is 10.3 Å². The lowest BCUT2D eigenvalue weighted by atomic mass is 9.83. The number of aromatic nitrogens is 1. The maximum atomic E-state index is 14.7. The molecule has 1 aliphatic heterocycles. The summed E-state index contributed by atoms with van der Waals surface area (Å²) in [6, 6.07) is 16.2. The molecular weight excluding hydrogens is 405 g/mol. The van der Waals surface area contributed by atoms with Crippen molar-refractivity contribution >= 4 is 28.7 Å². The third-order valence-corrected chi connectivity index (χ3v) is 6.66. The van der Waals surface area contributed by atoms with E-state index in [1.807, 2.05) is 36.6 Å². The molecule has 0 amide bonds. The van der Waals surface area contributed by atoms with Crippen molar-refractivity contribution in [2.24, 2.45) is 4.99 Å². The van der Waals surface area contributed by atoms with Crippen LogP contribution in [0.5, 0.6) is 5.75 Å². The molecule has 7 heteroatoms. The van der Waals surface area contributed by atoms with Crippen LogP contribution >= 0.6 is 23.5 Å². The van der Waals surface area contributed by atoms with Gasteiger partial charge in [-0.05, 0) is 47.7 Å². The summed E-state index contributed by atoms with van der Waals surface area (Å²) >= 11 is 3.08. The van der Waals surface area contributed by atoms with Crippen molar-refractivity contribution < 1.29 is 9.50 Å². The molecule has 1 aliphatic rings. The number of halogens is 1. The minimum absolute atomic E-state index is 0.263. The molecule has 148 valence electrons. The maximum absolute atomic E-state index is 14.7. The van der Waals surface area contributed by atoms with Crippen LogP contribution in [0.4, 0.5) is 4.39 Å². The summed E-state index contributed by atoms with van der Waals surface area (Å²) in [5.41, 5.74) is 1.83. The standard InChI is InChI=1S/C22H20FN3OS2/c1-28-20-12-15(6-7-19(20)27)13-29-21-25-14-22(26-21,16-8-10-24-11-9-16)17-4-2-3-5-18(17)23/h2-12,27H,13-14H2,1H3,(H,25,26). The molecule has 0 radical (unpaired) electrons. The zero-order chi connectivity index (χ0) is 20.3. The first-order chi connectivity index (χ1) is 14.1. The van der Waals surface area contributed by atoms with E-state index in [2.05, 4.69) is 15.3 Å².